The number of nitrogens with one attached hydrogen (secondary N) is 2. The van der Waals surface area contributed by atoms with Crippen molar-refractivity contribution in [3.8, 4) is 11.1 Å². The first kappa shape index (κ1) is 17.1. The highest BCUT2D eigenvalue weighted by Crippen LogP contribution is 2.31. The van der Waals surface area contributed by atoms with E-state index in [9.17, 15) is 4.39 Å². The van der Waals surface area contributed by atoms with Gasteiger partial charge in [0, 0.05) is 55.9 Å². The van der Waals surface area contributed by atoms with Crippen molar-refractivity contribution in [2.24, 2.45) is 13.0 Å². The largest absolute Gasteiger partial charge is 0.354 e. The fraction of sp³-hybridized carbons (Fsp3) is 0.350. The number of hydrogen-bond donors (Lipinski definition) is 2. The Balaban J connectivity index is 1.48. The average Bonchev–Trinajstić information content (AvgIpc) is 3.20. The Hall–Kier alpha value is -3.00. The molecule has 1 fully saturated rings. The van der Waals surface area contributed by atoms with E-state index in [2.05, 4.69) is 37.2 Å². The molecule has 1 aliphatic rings. The SMILES string of the molecule is Cc1nc2c(F)cc(-c3c[nH]c4nc(NCC5CN(C)C5)ncc34)cc2n1C. The molecule has 0 spiro atoms. The fourth-order valence-corrected chi connectivity index (χ4v) is 3.94. The lowest BCUT2D eigenvalue weighted by Crippen LogP contribution is -2.46. The monoisotopic (exact) mass is 379 g/mol. The maximum Gasteiger partial charge on any atom is 0.224 e. The van der Waals surface area contributed by atoms with Crippen LogP contribution >= 0.6 is 0 Å². The average molecular weight is 379 g/mol. The minimum Gasteiger partial charge on any atom is -0.354 e. The Bertz CT molecular complexity index is 1190. The molecule has 2 N–H and O–H groups in total. The van der Waals surface area contributed by atoms with Gasteiger partial charge in [0.15, 0.2) is 5.82 Å². The summed E-state index contributed by atoms with van der Waals surface area (Å²) in [6.45, 7) is 4.94. The van der Waals surface area contributed by atoms with Crippen LogP contribution in [0.15, 0.2) is 24.5 Å². The summed E-state index contributed by atoms with van der Waals surface area (Å²) in [4.78, 5) is 18.8. The Morgan fingerprint density at radius 2 is 2.07 bits per heavy atom. The van der Waals surface area contributed by atoms with Crippen LogP contribution in [0.3, 0.4) is 0 Å². The van der Waals surface area contributed by atoms with Crippen LogP contribution in [-0.4, -0.2) is 56.1 Å². The lowest BCUT2D eigenvalue weighted by molar-refractivity contribution is 0.144. The van der Waals surface area contributed by atoms with Crippen LogP contribution < -0.4 is 5.32 Å². The minimum absolute atomic E-state index is 0.324. The third kappa shape index (κ3) is 2.72. The molecule has 0 aliphatic carbocycles. The number of aromatic amines is 1. The Kier molecular flexibility index (Phi) is 3.83. The number of fused-ring (bicyclic) bond motifs is 2. The second kappa shape index (κ2) is 6.27. The molecule has 3 aromatic heterocycles. The molecule has 0 atom stereocenters. The molecule has 1 aromatic carbocycles. The third-order valence-electron chi connectivity index (χ3n) is 5.60. The van der Waals surface area contributed by atoms with Crippen molar-refractivity contribution in [2.45, 2.75) is 6.92 Å². The number of nitrogens with zero attached hydrogens (tertiary/aromatic N) is 5. The van der Waals surface area contributed by atoms with Gasteiger partial charge in [-0.2, -0.15) is 4.98 Å². The normalized spacial score (nSPS) is 15.4. The molecule has 0 bridgehead atoms. The first-order valence-electron chi connectivity index (χ1n) is 9.39. The Labute approximate surface area is 161 Å². The fourth-order valence-electron chi connectivity index (χ4n) is 3.94. The van der Waals surface area contributed by atoms with Gasteiger partial charge in [0.1, 0.15) is 17.0 Å². The number of aromatic nitrogens is 5. The number of aryl methyl sites for hydroxylation is 2. The van der Waals surface area contributed by atoms with E-state index in [0.29, 0.717) is 17.4 Å². The molecule has 28 heavy (non-hydrogen) atoms. The summed E-state index contributed by atoms with van der Waals surface area (Å²) in [5.41, 5.74) is 3.56. The predicted octanol–water partition coefficient (Wildman–Crippen LogP) is 2.93. The van der Waals surface area contributed by atoms with Crippen LogP contribution in [0.4, 0.5) is 10.3 Å². The van der Waals surface area contributed by atoms with E-state index in [0.717, 1.165) is 53.1 Å². The maximum atomic E-state index is 14.6. The molecule has 0 amide bonds. The van der Waals surface area contributed by atoms with Crippen LogP contribution in [0.1, 0.15) is 5.82 Å². The van der Waals surface area contributed by atoms with E-state index in [1.807, 2.05) is 30.8 Å². The summed E-state index contributed by atoms with van der Waals surface area (Å²) in [5, 5.41) is 4.18. The Morgan fingerprint density at radius 3 is 2.86 bits per heavy atom. The second-order valence-corrected chi connectivity index (χ2v) is 7.67. The smallest absolute Gasteiger partial charge is 0.224 e. The number of imidazole rings is 1. The topological polar surface area (TPSA) is 74.7 Å². The van der Waals surface area contributed by atoms with Gasteiger partial charge in [-0.15, -0.1) is 0 Å². The highest BCUT2D eigenvalue weighted by Gasteiger charge is 2.23. The quantitative estimate of drug-likeness (QED) is 0.570. The van der Waals surface area contributed by atoms with Crippen molar-refractivity contribution in [2.75, 3.05) is 32.0 Å². The molecular weight excluding hydrogens is 357 g/mol. The van der Waals surface area contributed by atoms with Crippen molar-refractivity contribution in [3.63, 3.8) is 0 Å². The van der Waals surface area contributed by atoms with Gasteiger partial charge in [-0.25, -0.2) is 14.4 Å². The van der Waals surface area contributed by atoms with Gasteiger partial charge in [-0.3, -0.25) is 0 Å². The van der Waals surface area contributed by atoms with E-state index in [1.54, 1.807) is 6.20 Å². The van der Waals surface area contributed by atoms with E-state index in [1.165, 1.54) is 6.07 Å². The zero-order chi connectivity index (χ0) is 19.4. The number of rotatable bonds is 4. The summed E-state index contributed by atoms with van der Waals surface area (Å²) >= 11 is 0. The molecule has 1 saturated heterocycles. The highest BCUT2D eigenvalue weighted by atomic mass is 19.1. The number of likely N-dealkylation sites (tertiary alicyclic amines) is 1. The first-order chi connectivity index (χ1) is 13.5. The van der Waals surface area contributed by atoms with Crippen LogP contribution in [0, 0.1) is 18.7 Å². The van der Waals surface area contributed by atoms with Crippen LogP contribution in [0.25, 0.3) is 33.2 Å². The number of anilines is 1. The third-order valence-corrected chi connectivity index (χ3v) is 5.60. The first-order valence-corrected chi connectivity index (χ1v) is 9.39. The van der Waals surface area contributed by atoms with E-state index in [-0.39, 0.29) is 5.82 Å². The summed E-state index contributed by atoms with van der Waals surface area (Å²) in [5.74, 6) is 1.71. The molecule has 8 heteroatoms. The second-order valence-electron chi connectivity index (χ2n) is 7.67. The Morgan fingerprint density at radius 1 is 1.25 bits per heavy atom. The molecule has 0 saturated carbocycles. The van der Waals surface area contributed by atoms with Gasteiger partial charge >= 0.3 is 0 Å². The van der Waals surface area contributed by atoms with Gasteiger partial charge in [-0.1, -0.05) is 0 Å². The number of hydrogen-bond acceptors (Lipinski definition) is 5. The lowest BCUT2D eigenvalue weighted by Gasteiger charge is -2.36. The molecule has 5 rings (SSSR count). The molecule has 144 valence electrons. The predicted molar refractivity (Wildman–Crippen MR) is 108 cm³/mol. The van der Waals surface area contributed by atoms with Crippen molar-refractivity contribution < 1.29 is 4.39 Å². The number of H-pyrrole nitrogens is 1. The van der Waals surface area contributed by atoms with Crippen molar-refractivity contribution >= 4 is 28.0 Å². The van der Waals surface area contributed by atoms with Crippen LogP contribution in [0.2, 0.25) is 0 Å². The van der Waals surface area contributed by atoms with E-state index in [4.69, 9.17) is 0 Å². The van der Waals surface area contributed by atoms with Gasteiger partial charge in [0.05, 0.1) is 5.52 Å². The molecule has 7 nitrogen and oxygen atoms in total. The number of benzene rings is 1. The zero-order valence-electron chi connectivity index (χ0n) is 16.1. The van der Waals surface area contributed by atoms with E-state index >= 15 is 0 Å². The van der Waals surface area contributed by atoms with Crippen molar-refractivity contribution in [1.29, 1.82) is 0 Å². The van der Waals surface area contributed by atoms with Crippen molar-refractivity contribution in [1.82, 2.24) is 29.4 Å². The molecule has 4 heterocycles. The van der Waals surface area contributed by atoms with Gasteiger partial charge < -0.3 is 19.8 Å². The molecular formula is C20H22FN7. The lowest BCUT2D eigenvalue weighted by atomic mass is 10.0. The molecule has 4 aromatic rings. The van der Waals surface area contributed by atoms with Gasteiger partial charge in [0.25, 0.3) is 0 Å². The van der Waals surface area contributed by atoms with E-state index < -0.39 is 0 Å². The zero-order valence-corrected chi connectivity index (χ0v) is 16.1. The van der Waals surface area contributed by atoms with Crippen molar-refractivity contribution in [3.05, 3.63) is 36.2 Å². The molecule has 0 radical (unpaired) electrons. The van der Waals surface area contributed by atoms with Crippen LogP contribution in [-0.2, 0) is 7.05 Å². The summed E-state index contributed by atoms with van der Waals surface area (Å²) in [6.07, 6.45) is 3.65. The highest BCUT2D eigenvalue weighted by molar-refractivity contribution is 5.96. The summed E-state index contributed by atoms with van der Waals surface area (Å²) in [6, 6.07) is 3.48. The number of halogens is 1. The molecule has 0 unspecified atom stereocenters. The standard InChI is InChI=1S/C20H22FN7/c1-11-25-18-16(21)4-13(5-17(18)28(11)3)14-7-22-19-15(14)8-24-20(26-19)23-6-12-9-27(2)10-12/h4-5,7-8,12H,6,9-10H2,1-3H3,(H2,22,23,24,26). The maximum absolute atomic E-state index is 14.6. The van der Waals surface area contributed by atoms with Gasteiger partial charge in [-0.05, 0) is 31.7 Å². The minimum atomic E-state index is -0.324. The molecule has 1 aliphatic heterocycles. The van der Waals surface area contributed by atoms with Gasteiger partial charge in [0.2, 0.25) is 5.95 Å². The summed E-state index contributed by atoms with van der Waals surface area (Å²) in [7, 11) is 4.01. The summed E-state index contributed by atoms with van der Waals surface area (Å²) < 4.78 is 16.5. The van der Waals surface area contributed by atoms with Crippen LogP contribution in [0.5, 0.6) is 0 Å².